The van der Waals surface area contributed by atoms with Crippen LogP contribution in [0, 0.1) is 12.3 Å². The molecule has 38 heavy (non-hydrogen) atoms. The average Bonchev–Trinajstić information content (AvgIpc) is 3.09. The molecule has 3 fully saturated rings. The molecule has 7 rings (SSSR count). The third-order valence-electron chi connectivity index (χ3n) is 8.79. The zero-order valence-electron chi connectivity index (χ0n) is 20.8. The lowest BCUT2D eigenvalue weighted by molar-refractivity contribution is -0.300. The highest BCUT2D eigenvalue weighted by Gasteiger charge is 2.62. The molecule has 8 nitrogen and oxygen atoms in total. The van der Waals surface area contributed by atoms with Crippen LogP contribution in [0.25, 0.3) is 5.69 Å². The minimum Gasteiger partial charge on any atom is -0.380 e. The minimum absolute atomic E-state index is 0.232. The number of alkyl halides is 3. The van der Waals surface area contributed by atoms with Crippen molar-refractivity contribution in [2.45, 2.75) is 69.4 Å². The summed E-state index contributed by atoms with van der Waals surface area (Å²) in [6, 6.07) is 5.23. The Kier molecular flexibility index (Phi) is 5.19. The van der Waals surface area contributed by atoms with Gasteiger partial charge in [0.2, 0.25) is 0 Å². The van der Waals surface area contributed by atoms with Crippen molar-refractivity contribution in [1.82, 2.24) is 29.6 Å². The molecule has 200 valence electrons. The quantitative estimate of drug-likeness (QED) is 0.529. The number of benzene rings is 1. The first-order chi connectivity index (χ1) is 18.0. The van der Waals surface area contributed by atoms with Crippen LogP contribution < -0.4 is 4.90 Å². The molecule has 0 atom stereocenters. The van der Waals surface area contributed by atoms with Gasteiger partial charge in [0.1, 0.15) is 11.6 Å². The first kappa shape index (κ1) is 24.3. The van der Waals surface area contributed by atoms with Crippen LogP contribution in [0.5, 0.6) is 0 Å². The molecule has 0 amide bonds. The number of hydrogen-bond acceptors (Lipinski definition) is 7. The summed E-state index contributed by atoms with van der Waals surface area (Å²) in [5, 5.41) is 19.7. The maximum atomic E-state index is 13.3. The molecular formula is C26H27ClF3N7O. The fourth-order valence-corrected chi connectivity index (χ4v) is 6.93. The second-order valence-corrected chi connectivity index (χ2v) is 12.0. The van der Waals surface area contributed by atoms with E-state index in [1.165, 1.54) is 0 Å². The molecule has 4 aliphatic rings. The first-order valence-corrected chi connectivity index (χ1v) is 13.2. The van der Waals surface area contributed by atoms with E-state index < -0.39 is 17.8 Å². The number of aromatic nitrogens is 5. The Morgan fingerprint density at radius 3 is 2.53 bits per heavy atom. The van der Waals surface area contributed by atoms with Gasteiger partial charge in [0, 0.05) is 61.1 Å². The van der Waals surface area contributed by atoms with Gasteiger partial charge in [-0.25, -0.2) is 4.98 Å². The third-order valence-corrected chi connectivity index (χ3v) is 9.02. The van der Waals surface area contributed by atoms with Crippen molar-refractivity contribution in [1.29, 1.82) is 0 Å². The highest BCUT2D eigenvalue weighted by atomic mass is 35.5. The van der Waals surface area contributed by atoms with Crippen LogP contribution in [0.1, 0.15) is 54.5 Å². The van der Waals surface area contributed by atoms with E-state index in [0.717, 1.165) is 54.5 Å². The van der Waals surface area contributed by atoms with Gasteiger partial charge < -0.3 is 10.0 Å². The summed E-state index contributed by atoms with van der Waals surface area (Å²) in [7, 11) is 0. The van der Waals surface area contributed by atoms with Gasteiger partial charge >= 0.3 is 6.18 Å². The molecule has 3 aromatic rings. The van der Waals surface area contributed by atoms with E-state index in [2.05, 4.69) is 29.6 Å². The number of rotatable bonds is 3. The topological polar surface area (TPSA) is 83.2 Å². The molecule has 1 aromatic carbocycles. The summed E-state index contributed by atoms with van der Waals surface area (Å²) in [4.78, 5) is 13.1. The number of nitrogens with zero attached hydrogens (tertiary/aromatic N) is 7. The van der Waals surface area contributed by atoms with Crippen LogP contribution in [0.2, 0.25) is 5.02 Å². The lowest BCUT2D eigenvalue weighted by Crippen LogP contribution is -2.62. The largest absolute Gasteiger partial charge is 0.417 e. The van der Waals surface area contributed by atoms with Gasteiger partial charge in [0.05, 0.1) is 24.1 Å². The Hall–Kier alpha value is -2.76. The summed E-state index contributed by atoms with van der Waals surface area (Å²) < 4.78 is 41.9. The second kappa shape index (κ2) is 8.12. The van der Waals surface area contributed by atoms with Gasteiger partial charge in [-0.3, -0.25) is 14.5 Å². The summed E-state index contributed by atoms with van der Waals surface area (Å²) in [5.74, 6) is 2.76. The smallest absolute Gasteiger partial charge is 0.380 e. The van der Waals surface area contributed by atoms with Crippen molar-refractivity contribution >= 4 is 17.4 Å². The van der Waals surface area contributed by atoms with Gasteiger partial charge in [0.25, 0.3) is 0 Å². The van der Waals surface area contributed by atoms with Gasteiger partial charge in [-0.2, -0.15) is 13.2 Å². The normalized spacial score (nSPS) is 26.7. The molecule has 2 aromatic heterocycles. The van der Waals surface area contributed by atoms with E-state index in [9.17, 15) is 18.3 Å². The number of aryl methyl sites for hydroxylation is 1. The number of halogens is 4. The maximum absolute atomic E-state index is 13.3. The molecular weight excluding hydrogens is 519 g/mol. The maximum Gasteiger partial charge on any atom is 0.417 e. The van der Waals surface area contributed by atoms with Crippen molar-refractivity contribution < 1.29 is 18.3 Å². The van der Waals surface area contributed by atoms with Gasteiger partial charge in [-0.1, -0.05) is 11.6 Å². The van der Waals surface area contributed by atoms with Crippen LogP contribution >= 0.6 is 11.6 Å². The predicted molar refractivity (Wildman–Crippen MR) is 133 cm³/mol. The fraction of sp³-hybridized carbons (Fsp3) is 0.538. The monoisotopic (exact) mass is 545 g/mol. The van der Waals surface area contributed by atoms with Crippen LogP contribution in [-0.4, -0.2) is 65.6 Å². The molecule has 1 N–H and O–H groups in total. The fourth-order valence-electron chi connectivity index (χ4n) is 6.74. The number of fused-ring (bicyclic) bond motifs is 3. The van der Waals surface area contributed by atoms with E-state index in [1.807, 2.05) is 30.0 Å². The number of anilines is 1. The molecule has 2 aliphatic carbocycles. The summed E-state index contributed by atoms with van der Waals surface area (Å²) in [5.41, 5.74) is 0.348. The van der Waals surface area contributed by atoms with Crippen molar-refractivity contribution in [3.63, 3.8) is 0 Å². The van der Waals surface area contributed by atoms with Crippen molar-refractivity contribution in [3.05, 3.63) is 58.5 Å². The lowest BCUT2D eigenvalue weighted by atomic mass is 9.57. The summed E-state index contributed by atoms with van der Waals surface area (Å²) in [6.07, 6.45) is 0.222. The average molecular weight is 546 g/mol. The summed E-state index contributed by atoms with van der Waals surface area (Å²) in [6.45, 7) is 4.60. The predicted octanol–water partition coefficient (Wildman–Crippen LogP) is 4.17. The molecule has 0 bridgehead atoms. The molecule has 1 spiro atoms. The van der Waals surface area contributed by atoms with Gasteiger partial charge in [-0.05, 0) is 43.5 Å². The first-order valence-electron chi connectivity index (χ1n) is 12.8. The van der Waals surface area contributed by atoms with Gasteiger partial charge in [0.15, 0.2) is 11.4 Å². The van der Waals surface area contributed by atoms with E-state index >= 15 is 0 Å². The number of aliphatic hydroxyl groups is 1. The Labute approximate surface area is 222 Å². The minimum atomic E-state index is -4.63. The van der Waals surface area contributed by atoms with Crippen molar-refractivity contribution in [3.8, 4) is 5.69 Å². The van der Waals surface area contributed by atoms with Gasteiger partial charge in [-0.15, -0.1) is 10.2 Å². The zero-order chi connectivity index (χ0) is 26.4. The Balaban J connectivity index is 1.12. The summed E-state index contributed by atoms with van der Waals surface area (Å²) >= 11 is 6.33. The molecule has 2 aliphatic heterocycles. The zero-order valence-corrected chi connectivity index (χ0v) is 21.5. The molecule has 0 radical (unpaired) electrons. The highest BCUT2D eigenvalue weighted by molar-refractivity contribution is 6.30. The van der Waals surface area contributed by atoms with E-state index in [1.54, 1.807) is 12.4 Å². The van der Waals surface area contributed by atoms with E-state index in [-0.39, 0.29) is 24.2 Å². The molecule has 2 saturated carbocycles. The standard InChI is InChI=1S/C26H27ClF3N7O/c1-15-9-31-10-21(32-15)36-13-24(14-36)5-17(6-24)23-34-33-22-12-35(19-7-25(38,8-19)26(28,29)30)11-16-4-18(27)2-3-20(16)37(22)23/h2-4,9-10,17,19,38H,5-8,11-14H2,1H3. The third kappa shape index (κ3) is 3.73. The molecule has 0 unspecified atom stereocenters. The van der Waals surface area contributed by atoms with E-state index in [0.29, 0.717) is 23.9 Å². The highest BCUT2D eigenvalue weighted by Crippen LogP contribution is 2.57. The lowest BCUT2D eigenvalue weighted by Gasteiger charge is -2.59. The Morgan fingerprint density at radius 1 is 1.05 bits per heavy atom. The van der Waals surface area contributed by atoms with Crippen molar-refractivity contribution in [2.24, 2.45) is 5.41 Å². The Bertz CT molecular complexity index is 1410. The number of hydrogen-bond donors (Lipinski definition) is 1. The molecule has 4 heterocycles. The van der Waals surface area contributed by atoms with Crippen LogP contribution in [-0.2, 0) is 13.1 Å². The second-order valence-electron chi connectivity index (χ2n) is 11.6. The molecule has 1 saturated heterocycles. The SMILES string of the molecule is Cc1cncc(N2CC3(CC(c4nnc5n4-c4ccc(Cl)cc4CN(C4CC(O)(C(F)(F)F)C4)C5)C3)C2)n1. The van der Waals surface area contributed by atoms with E-state index in [4.69, 9.17) is 11.6 Å². The molecule has 12 heteroatoms. The van der Waals surface area contributed by atoms with Crippen LogP contribution in [0.15, 0.2) is 30.6 Å². The van der Waals surface area contributed by atoms with Crippen molar-refractivity contribution in [2.75, 3.05) is 18.0 Å². The Morgan fingerprint density at radius 2 is 1.82 bits per heavy atom. The van der Waals surface area contributed by atoms with Crippen LogP contribution in [0.4, 0.5) is 19.0 Å². The van der Waals surface area contributed by atoms with Crippen LogP contribution in [0.3, 0.4) is 0 Å².